The number of nitrogens with one attached hydrogen (secondary N) is 1. The van der Waals surface area contributed by atoms with Crippen molar-refractivity contribution in [1.29, 1.82) is 0 Å². The van der Waals surface area contributed by atoms with Crippen molar-refractivity contribution in [3.05, 3.63) is 53.4 Å². The van der Waals surface area contributed by atoms with Gasteiger partial charge in [-0.3, -0.25) is 9.59 Å². The summed E-state index contributed by atoms with van der Waals surface area (Å²) in [6.45, 7) is 3.51. The number of carbonyl (C=O) groups is 2. The molecule has 7 rings (SSSR count). The highest BCUT2D eigenvalue weighted by Crippen LogP contribution is 2.39. The summed E-state index contributed by atoms with van der Waals surface area (Å²) in [6.07, 6.45) is 6.32. The lowest BCUT2D eigenvalue weighted by Crippen LogP contribution is -2.47. The Hall–Kier alpha value is -2.50. The number of Topliss-reactive ketones (excluding diaryl/α,β-unsaturated/α-hetero) is 1. The van der Waals surface area contributed by atoms with Crippen LogP contribution < -0.4 is 5.32 Å². The minimum absolute atomic E-state index is 0.133. The fourth-order valence-corrected chi connectivity index (χ4v) is 6.91. The molecule has 4 nitrogen and oxygen atoms in total. The van der Waals surface area contributed by atoms with Crippen molar-refractivity contribution in [3.63, 3.8) is 0 Å². The van der Waals surface area contributed by atoms with Gasteiger partial charge in [0.25, 0.3) is 0 Å². The number of hydrogen-bond donors (Lipinski definition) is 1. The smallest absolute Gasteiger partial charge is 0.227 e. The Labute approximate surface area is 199 Å². The van der Waals surface area contributed by atoms with E-state index in [0.717, 1.165) is 63.5 Å². The monoisotopic (exact) mass is 458 g/mol. The zero-order chi connectivity index (χ0) is 22.4. The molecule has 2 bridgehead atoms. The molecule has 1 saturated carbocycles. The Balaban J connectivity index is 1.24. The van der Waals surface area contributed by atoms with E-state index in [1.807, 2.05) is 12.1 Å². The molecule has 1 atom stereocenters. The third-order valence-corrected chi connectivity index (χ3v) is 9.20. The maximum Gasteiger partial charge on any atom is 0.227 e. The first-order valence-electron chi connectivity index (χ1n) is 12.3. The molecule has 4 aliphatic rings. The van der Waals surface area contributed by atoms with E-state index in [2.05, 4.69) is 46.6 Å². The topological polar surface area (TPSA) is 49.4 Å². The second-order valence-corrected chi connectivity index (χ2v) is 11.1. The Morgan fingerprint density at radius 1 is 1.00 bits per heavy atom. The molecule has 0 unspecified atom stereocenters. The van der Waals surface area contributed by atoms with E-state index in [1.54, 1.807) is 11.3 Å². The van der Waals surface area contributed by atoms with E-state index in [1.165, 1.54) is 25.9 Å². The standard InChI is InChI=1S/C28H30N2O2S/c31-25(15-22-17-30-12-10-18(22)11-13-30)26-16-21-7-3-9-24(27(21)33-26)20-6-2-8-23(14-20)29-28(32)19-4-1-5-19/h2-3,6-9,14,16,18-19,22H,1,4-5,10-13,15,17H2,(H,29,32)/t22-/m0/s1. The first-order valence-corrected chi connectivity index (χ1v) is 13.1. The Morgan fingerprint density at radius 2 is 1.82 bits per heavy atom. The summed E-state index contributed by atoms with van der Waals surface area (Å²) < 4.78 is 1.15. The molecule has 1 N–H and O–H groups in total. The van der Waals surface area contributed by atoms with E-state index in [9.17, 15) is 9.59 Å². The summed E-state index contributed by atoms with van der Waals surface area (Å²) in [6, 6.07) is 16.5. The van der Waals surface area contributed by atoms with Crippen LogP contribution in [0.1, 0.15) is 48.2 Å². The zero-order valence-electron chi connectivity index (χ0n) is 18.9. The number of fused-ring (bicyclic) bond motifs is 4. The maximum absolute atomic E-state index is 13.2. The minimum Gasteiger partial charge on any atom is -0.326 e. The van der Waals surface area contributed by atoms with Gasteiger partial charge in [0.2, 0.25) is 5.91 Å². The second-order valence-electron chi connectivity index (χ2n) is 10.1. The highest BCUT2D eigenvalue weighted by Gasteiger charge is 2.35. The van der Waals surface area contributed by atoms with Crippen LogP contribution in [0, 0.1) is 17.8 Å². The molecule has 4 fully saturated rings. The predicted molar refractivity (Wildman–Crippen MR) is 135 cm³/mol. The molecule has 4 heterocycles. The molecular formula is C28H30N2O2S. The van der Waals surface area contributed by atoms with Crippen LogP contribution >= 0.6 is 11.3 Å². The molecule has 5 heteroatoms. The first-order chi connectivity index (χ1) is 16.1. The molecule has 170 valence electrons. The van der Waals surface area contributed by atoms with Crippen molar-refractivity contribution in [3.8, 4) is 11.1 Å². The summed E-state index contributed by atoms with van der Waals surface area (Å²) in [5.74, 6) is 1.83. The summed E-state index contributed by atoms with van der Waals surface area (Å²) in [5, 5.41) is 4.21. The molecule has 1 aromatic heterocycles. The minimum atomic E-state index is 0.133. The van der Waals surface area contributed by atoms with Crippen molar-refractivity contribution in [2.24, 2.45) is 17.8 Å². The van der Waals surface area contributed by atoms with Crippen molar-refractivity contribution < 1.29 is 9.59 Å². The van der Waals surface area contributed by atoms with Crippen LogP contribution in [0.4, 0.5) is 5.69 Å². The quantitative estimate of drug-likeness (QED) is 0.446. The van der Waals surface area contributed by atoms with Crippen LogP contribution in [-0.2, 0) is 4.79 Å². The van der Waals surface area contributed by atoms with Gasteiger partial charge < -0.3 is 10.2 Å². The predicted octanol–water partition coefficient (Wildman–Crippen LogP) is 6.22. The van der Waals surface area contributed by atoms with E-state index in [4.69, 9.17) is 0 Å². The van der Waals surface area contributed by atoms with E-state index in [0.29, 0.717) is 18.1 Å². The van der Waals surface area contributed by atoms with Gasteiger partial charge in [-0.2, -0.15) is 0 Å². The molecule has 2 aromatic carbocycles. The van der Waals surface area contributed by atoms with Gasteiger partial charge in [-0.25, -0.2) is 0 Å². The van der Waals surface area contributed by atoms with Crippen LogP contribution in [0.5, 0.6) is 0 Å². The summed E-state index contributed by atoms with van der Waals surface area (Å²) in [4.78, 5) is 29.0. The second kappa shape index (κ2) is 8.69. The number of carbonyl (C=O) groups excluding carboxylic acids is 2. The van der Waals surface area contributed by atoms with Gasteiger partial charge in [0.15, 0.2) is 5.78 Å². The molecule has 1 aliphatic carbocycles. The van der Waals surface area contributed by atoms with E-state index >= 15 is 0 Å². The number of piperidine rings is 3. The third-order valence-electron chi connectivity index (χ3n) is 7.98. The lowest BCUT2D eigenvalue weighted by molar-refractivity contribution is -0.122. The lowest BCUT2D eigenvalue weighted by atomic mass is 9.76. The Bertz CT molecular complexity index is 1200. The molecule has 3 saturated heterocycles. The number of hydrogen-bond acceptors (Lipinski definition) is 4. The average molecular weight is 459 g/mol. The van der Waals surface area contributed by atoms with Gasteiger partial charge in [0, 0.05) is 29.3 Å². The van der Waals surface area contributed by atoms with E-state index in [-0.39, 0.29) is 11.8 Å². The number of anilines is 1. The molecule has 33 heavy (non-hydrogen) atoms. The maximum atomic E-state index is 13.2. The average Bonchev–Trinajstić information content (AvgIpc) is 3.23. The number of nitrogens with zero attached hydrogens (tertiary/aromatic N) is 1. The molecule has 1 amide bonds. The van der Waals surface area contributed by atoms with E-state index < -0.39 is 0 Å². The summed E-state index contributed by atoms with van der Waals surface area (Å²) in [5.41, 5.74) is 3.04. The van der Waals surface area contributed by atoms with Crippen molar-refractivity contribution in [2.75, 3.05) is 25.0 Å². The van der Waals surface area contributed by atoms with Crippen molar-refractivity contribution >= 4 is 38.8 Å². The van der Waals surface area contributed by atoms with Gasteiger partial charge in [0.1, 0.15) is 0 Å². The van der Waals surface area contributed by atoms with Crippen LogP contribution in [-0.4, -0.2) is 36.2 Å². The first kappa shape index (κ1) is 21.1. The van der Waals surface area contributed by atoms with Gasteiger partial charge >= 0.3 is 0 Å². The van der Waals surface area contributed by atoms with Crippen LogP contribution in [0.25, 0.3) is 21.2 Å². The third kappa shape index (κ3) is 4.13. The highest BCUT2D eigenvalue weighted by atomic mass is 32.1. The number of rotatable bonds is 6. The largest absolute Gasteiger partial charge is 0.326 e. The van der Waals surface area contributed by atoms with Gasteiger partial charge in [0.05, 0.1) is 4.88 Å². The fraction of sp³-hybridized carbons (Fsp3) is 0.429. The van der Waals surface area contributed by atoms with Crippen LogP contribution in [0.3, 0.4) is 0 Å². The lowest BCUT2D eigenvalue weighted by Gasteiger charge is -2.44. The number of amides is 1. The highest BCUT2D eigenvalue weighted by molar-refractivity contribution is 7.21. The summed E-state index contributed by atoms with van der Waals surface area (Å²) >= 11 is 1.62. The molecule has 3 aliphatic heterocycles. The van der Waals surface area contributed by atoms with Gasteiger partial charge in [-0.05, 0) is 85.3 Å². The molecular weight excluding hydrogens is 428 g/mol. The Kier molecular flexibility index (Phi) is 5.55. The number of ketones is 1. The molecule has 0 radical (unpaired) electrons. The Morgan fingerprint density at radius 3 is 2.55 bits per heavy atom. The zero-order valence-corrected chi connectivity index (χ0v) is 19.7. The normalized spacial score (nSPS) is 24.5. The van der Waals surface area contributed by atoms with Gasteiger partial charge in [-0.1, -0.05) is 36.8 Å². The number of thiophene rings is 1. The molecule has 3 aromatic rings. The SMILES string of the molecule is O=C(C[C@H]1CN2CCC1CC2)c1cc2cccc(-c3cccc(NC(=O)C4CCC4)c3)c2s1. The van der Waals surface area contributed by atoms with Crippen LogP contribution in [0.2, 0.25) is 0 Å². The summed E-state index contributed by atoms with van der Waals surface area (Å²) in [7, 11) is 0. The van der Waals surface area contributed by atoms with Crippen LogP contribution in [0.15, 0.2) is 48.5 Å². The number of benzene rings is 2. The molecule has 0 spiro atoms. The van der Waals surface area contributed by atoms with Gasteiger partial charge in [-0.15, -0.1) is 11.3 Å². The van der Waals surface area contributed by atoms with Crippen molar-refractivity contribution in [2.45, 2.75) is 38.5 Å². The fourth-order valence-electron chi connectivity index (χ4n) is 5.76. The van der Waals surface area contributed by atoms with Crippen molar-refractivity contribution in [1.82, 2.24) is 4.90 Å².